The lowest BCUT2D eigenvalue weighted by molar-refractivity contribution is 0.108. The molecule has 6 nitrogen and oxygen atoms in total. The fourth-order valence-electron chi connectivity index (χ4n) is 1.92. The normalized spacial score (nSPS) is 15.5. The first kappa shape index (κ1) is 19.0. The number of rotatable bonds is 12. The molecule has 0 amide bonds. The standard InChI is InChI=1S/C12H29NO5Si/c1-16-19(17-2,18-3)9-5-4-6-11(14)7-8-12(15)10-13/h11-12,14-15H,4-10,13H2,1-3H3. The molecule has 0 spiro atoms. The van der Waals surface area contributed by atoms with E-state index in [0.29, 0.717) is 19.3 Å². The molecule has 0 radical (unpaired) electrons. The summed E-state index contributed by atoms with van der Waals surface area (Å²) in [7, 11) is 2.33. The van der Waals surface area contributed by atoms with Gasteiger partial charge in [-0.1, -0.05) is 6.42 Å². The molecule has 0 aliphatic rings. The third kappa shape index (κ3) is 7.98. The molecule has 0 fully saturated rings. The molecule has 0 aromatic carbocycles. The Balaban J connectivity index is 3.73. The number of nitrogens with two attached hydrogens (primary N) is 1. The summed E-state index contributed by atoms with van der Waals surface area (Å²) in [5, 5.41) is 19.1. The number of hydrogen-bond donors (Lipinski definition) is 3. The maximum absolute atomic E-state index is 9.76. The maximum atomic E-state index is 9.76. The average molecular weight is 295 g/mol. The predicted molar refractivity (Wildman–Crippen MR) is 75.7 cm³/mol. The van der Waals surface area contributed by atoms with E-state index in [1.54, 1.807) is 21.3 Å². The Labute approximate surface area is 117 Å². The molecule has 0 aliphatic carbocycles. The fourth-order valence-corrected chi connectivity index (χ4v) is 3.72. The first-order chi connectivity index (χ1) is 9.03. The van der Waals surface area contributed by atoms with Crippen molar-refractivity contribution in [3.05, 3.63) is 0 Å². The number of aliphatic hydroxyl groups is 2. The molecule has 0 rings (SSSR count). The molecule has 0 heterocycles. The molecule has 0 aliphatic heterocycles. The molecule has 2 atom stereocenters. The van der Waals surface area contributed by atoms with Gasteiger partial charge in [0.25, 0.3) is 0 Å². The smallest absolute Gasteiger partial charge is 0.393 e. The fraction of sp³-hybridized carbons (Fsp3) is 1.00. The molecule has 0 aromatic heterocycles. The van der Waals surface area contributed by atoms with Crippen molar-refractivity contribution in [2.24, 2.45) is 5.73 Å². The monoisotopic (exact) mass is 295 g/mol. The second-order valence-electron chi connectivity index (χ2n) is 4.66. The topological polar surface area (TPSA) is 94.2 Å². The Bertz CT molecular complexity index is 208. The molecule has 0 bridgehead atoms. The lowest BCUT2D eigenvalue weighted by atomic mass is 10.1. The summed E-state index contributed by atoms with van der Waals surface area (Å²) < 4.78 is 16.0. The largest absolute Gasteiger partial charge is 0.500 e. The SMILES string of the molecule is CO[Si](CCCCC(O)CCC(O)CN)(OC)OC. The van der Waals surface area contributed by atoms with Gasteiger partial charge in [0.15, 0.2) is 0 Å². The first-order valence-electron chi connectivity index (χ1n) is 6.75. The third-order valence-corrected chi connectivity index (χ3v) is 6.14. The molecule has 0 saturated carbocycles. The minimum Gasteiger partial charge on any atom is -0.393 e. The summed E-state index contributed by atoms with van der Waals surface area (Å²) in [4.78, 5) is 0. The van der Waals surface area contributed by atoms with E-state index in [0.717, 1.165) is 18.9 Å². The summed E-state index contributed by atoms with van der Waals surface area (Å²) in [5.74, 6) is 0. The molecule has 2 unspecified atom stereocenters. The Kier molecular flexibility index (Phi) is 10.7. The molecule has 0 aromatic rings. The van der Waals surface area contributed by atoms with Crippen molar-refractivity contribution in [1.82, 2.24) is 0 Å². The number of aliphatic hydroxyl groups excluding tert-OH is 2. The van der Waals surface area contributed by atoms with Crippen LogP contribution in [0.15, 0.2) is 0 Å². The van der Waals surface area contributed by atoms with Gasteiger partial charge >= 0.3 is 8.80 Å². The zero-order valence-electron chi connectivity index (χ0n) is 12.3. The number of hydrogen-bond acceptors (Lipinski definition) is 6. The van der Waals surface area contributed by atoms with E-state index in [1.807, 2.05) is 0 Å². The van der Waals surface area contributed by atoms with E-state index in [1.165, 1.54) is 0 Å². The van der Waals surface area contributed by atoms with Crippen LogP contribution >= 0.6 is 0 Å². The van der Waals surface area contributed by atoms with Crippen molar-refractivity contribution in [2.45, 2.75) is 50.4 Å². The summed E-state index contributed by atoms with van der Waals surface area (Å²) in [6.45, 7) is 0.246. The van der Waals surface area contributed by atoms with Crippen LogP contribution in [-0.2, 0) is 13.3 Å². The molecule has 7 heteroatoms. The van der Waals surface area contributed by atoms with Crippen LogP contribution in [0.5, 0.6) is 0 Å². The molecular formula is C12H29NO5Si. The number of unbranched alkanes of at least 4 members (excludes halogenated alkanes) is 1. The van der Waals surface area contributed by atoms with Crippen LogP contribution in [0.1, 0.15) is 32.1 Å². The van der Waals surface area contributed by atoms with Gasteiger partial charge in [0.1, 0.15) is 0 Å². The van der Waals surface area contributed by atoms with Gasteiger partial charge in [-0.3, -0.25) is 0 Å². The second kappa shape index (κ2) is 10.7. The lowest BCUT2D eigenvalue weighted by Gasteiger charge is -2.24. The zero-order chi connectivity index (χ0) is 14.7. The molecule has 116 valence electrons. The van der Waals surface area contributed by atoms with Gasteiger partial charge in [-0.15, -0.1) is 0 Å². The van der Waals surface area contributed by atoms with E-state index in [9.17, 15) is 10.2 Å². The summed E-state index contributed by atoms with van der Waals surface area (Å²) >= 11 is 0. The van der Waals surface area contributed by atoms with Gasteiger partial charge in [0, 0.05) is 33.9 Å². The first-order valence-corrected chi connectivity index (χ1v) is 8.68. The van der Waals surface area contributed by atoms with Gasteiger partial charge in [-0.2, -0.15) is 0 Å². The highest BCUT2D eigenvalue weighted by Crippen LogP contribution is 2.18. The Hall–Kier alpha value is -0.0231. The van der Waals surface area contributed by atoms with Crippen LogP contribution in [0.4, 0.5) is 0 Å². The highest BCUT2D eigenvalue weighted by Gasteiger charge is 2.36. The highest BCUT2D eigenvalue weighted by atomic mass is 28.4. The molecule has 4 N–H and O–H groups in total. The Morgan fingerprint density at radius 2 is 1.42 bits per heavy atom. The van der Waals surface area contributed by atoms with E-state index in [4.69, 9.17) is 19.0 Å². The van der Waals surface area contributed by atoms with Crippen LogP contribution in [-0.4, -0.2) is 59.1 Å². The van der Waals surface area contributed by atoms with Crippen LogP contribution in [0, 0.1) is 0 Å². The van der Waals surface area contributed by atoms with Crippen LogP contribution < -0.4 is 5.73 Å². The quantitative estimate of drug-likeness (QED) is 0.358. The van der Waals surface area contributed by atoms with E-state index in [2.05, 4.69) is 0 Å². The zero-order valence-corrected chi connectivity index (χ0v) is 13.3. The lowest BCUT2D eigenvalue weighted by Crippen LogP contribution is -2.42. The van der Waals surface area contributed by atoms with Crippen molar-refractivity contribution < 1.29 is 23.5 Å². The van der Waals surface area contributed by atoms with Gasteiger partial charge in [-0.25, -0.2) is 0 Å². The van der Waals surface area contributed by atoms with Crippen molar-refractivity contribution >= 4 is 8.80 Å². The van der Waals surface area contributed by atoms with Gasteiger partial charge in [0.2, 0.25) is 0 Å². The second-order valence-corrected chi connectivity index (χ2v) is 7.75. The average Bonchev–Trinajstić information content (AvgIpc) is 2.45. The van der Waals surface area contributed by atoms with Gasteiger partial charge < -0.3 is 29.2 Å². The van der Waals surface area contributed by atoms with E-state index >= 15 is 0 Å². The maximum Gasteiger partial charge on any atom is 0.500 e. The van der Waals surface area contributed by atoms with Crippen molar-refractivity contribution in [1.29, 1.82) is 0 Å². The Morgan fingerprint density at radius 1 is 0.895 bits per heavy atom. The van der Waals surface area contributed by atoms with Crippen molar-refractivity contribution in [2.75, 3.05) is 27.9 Å². The van der Waals surface area contributed by atoms with E-state index < -0.39 is 14.9 Å². The van der Waals surface area contributed by atoms with Crippen LogP contribution in [0.2, 0.25) is 6.04 Å². The van der Waals surface area contributed by atoms with Crippen molar-refractivity contribution in [3.63, 3.8) is 0 Å². The third-order valence-electron chi connectivity index (χ3n) is 3.31. The minimum absolute atomic E-state index is 0.246. The predicted octanol–water partition coefficient (Wildman–Crippen LogP) is 0.496. The molecular weight excluding hydrogens is 266 g/mol. The van der Waals surface area contributed by atoms with Crippen LogP contribution in [0.25, 0.3) is 0 Å². The van der Waals surface area contributed by atoms with Gasteiger partial charge in [0.05, 0.1) is 12.2 Å². The summed E-state index contributed by atoms with van der Waals surface area (Å²) in [6, 6.07) is 0.745. The minimum atomic E-state index is -2.47. The summed E-state index contributed by atoms with van der Waals surface area (Å²) in [5.41, 5.74) is 5.30. The van der Waals surface area contributed by atoms with E-state index in [-0.39, 0.29) is 12.6 Å². The molecule has 19 heavy (non-hydrogen) atoms. The van der Waals surface area contributed by atoms with Crippen LogP contribution in [0.3, 0.4) is 0 Å². The highest BCUT2D eigenvalue weighted by molar-refractivity contribution is 6.60. The molecule has 0 saturated heterocycles. The van der Waals surface area contributed by atoms with Crippen molar-refractivity contribution in [3.8, 4) is 0 Å². The Morgan fingerprint density at radius 3 is 1.89 bits per heavy atom. The summed E-state index contributed by atoms with van der Waals surface area (Å²) in [6.07, 6.45) is 2.71. The van der Waals surface area contributed by atoms with Gasteiger partial charge in [-0.05, 0) is 25.7 Å².